The fourth-order valence-corrected chi connectivity index (χ4v) is 5.69. The van der Waals surface area contributed by atoms with Crippen LogP contribution in [0.4, 0.5) is 0 Å². The zero-order chi connectivity index (χ0) is 25.9. The van der Waals surface area contributed by atoms with E-state index in [4.69, 9.17) is 10.7 Å². The molecule has 1 saturated carbocycles. The van der Waals surface area contributed by atoms with Crippen molar-refractivity contribution in [3.8, 4) is 34.0 Å². The van der Waals surface area contributed by atoms with Gasteiger partial charge in [0.2, 0.25) is 5.82 Å². The molecule has 1 aliphatic carbocycles. The monoisotopic (exact) mass is 499 g/mol. The Morgan fingerprint density at radius 3 is 2.32 bits per heavy atom. The van der Waals surface area contributed by atoms with Gasteiger partial charge in [0.05, 0.1) is 16.8 Å². The third-order valence-corrected chi connectivity index (χ3v) is 7.35. The van der Waals surface area contributed by atoms with Crippen LogP contribution in [0.1, 0.15) is 25.3 Å². The SMILES string of the molecule is C[C@]1(O)C[C@](N)(c2ccc(-c3nc4ccn5c(-c6ncccn6)nnc5c4cc3-c3ccccc3)cc2)C1. The van der Waals surface area contributed by atoms with Crippen LogP contribution in [-0.4, -0.2) is 40.3 Å². The first-order valence-electron chi connectivity index (χ1n) is 12.5. The van der Waals surface area contributed by atoms with Crippen molar-refractivity contribution in [2.24, 2.45) is 5.73 Å². The molecule has 8 heteroatoms. The van der Waals surface area contributed by atoms with Crippen molar-refractivity contribution in [3.05, 3.63) is 97.0 Å². The Labute approximate surface area is 218 Å². The molecule has 0 saturated heterocycles. The molecule has 1 aliphatic rings. The highest BCUT2D eigenvalue weighted by molar-refractivity contribution is 5.98. The lowest BCUT2D eigenvalue weighted by Gasteiger charge is -2.49. The second-order valence-electron chi connectivity index (χ2n) is 10.4. The van der Waals surface area contributed by atoms with Gasteiger partial charge in [-0.1, -0.05) is 54.6 Å². The van der Waals surface area contributed by atoms with Gasteiger partial charge in [-0.05, 0) is 49.1 Å². The molecule has 38 heavy (non-hydrogen) atoms. The second kappa shape index (κ2) is 8.24. The van der Waals surface area contributed by atoms with E-state index in [-0.39, 0.29) is 0 Å². The molecule has 0 aliphatic heterocycles. The Morgan fingerprint density at radius 2 is 1.61 bits per heavy atom. The highest BCUT2D eigenvalue weighted by Crippen LogP contribution is 2.46. The van der Waals surface area contributed by atoms with Crippen LogP contribution in [0.5, 0.6) is 0 Å². The van der Waals surface area contributed by atoms with E-state index in [0.29, 0.717) is 30.1 Å². The summed E-state index contributed by atoms with van der Waals surface area (Å²) >= 11 is 0. The van der Waals surface area contributed by atoms with E-state index >= 15 is 0 Å². The molecule has 0 bridgehead atoms. The number of aliphatic hydroxyl groups is 1. The van der Waals surface area contributed by atoms with Crippen LogP contribution in [0.2, 0.25) is 0 Å². The number of pyridine rings is 2. The maximum absolute atomic E-state index is 10.2. The first kappa shape index (κ1) is 22.7. The summed E-state index contributed by atoms with van der Waals surface area (Å²) in [6.45, 7) is 1.83. The van der Waals surface area contributed by atoms with Gasteiger partial charge in [-0.15, -0.1) is 10.2 Å². The molecule has 8 nitrogen and oxygen atoms in total. The van der Waals surface area contributed by atoms with E-state index in [0.717, 1.165) is 38.9 Å². The molecule has 0 amide bonds. The van der Waals surface area contributed by atoms with Gasteiger partial charge in [0.1, 0.15) is 0 Å². The zero-order valence-corrected chi connectivity index (χ0v) is 20.8. The Kier molecular flexibility index (Phi) is 4.91. The van der Waals surface area contributed by atoms with Crippen molar-refractivity contribution >= 4 is 16.6 Å². The number of hydrogen-bond donors (Lipinski definition) is 2. The molecule has 1 fully saturated rings. The van der Waals surface area contributed by atoms with Gasteiger partial charge >= 0.3 is 0 Å². The van der Waals surface area contributed by atoms with Crippen molar-refractivity contribution in [1.29, 1.82) is 0 Å². The predicted molar refractivity (Wildman–Crippen MR) is 146 cm³/mol. The Bertz CT molecular complexity index is 1790. The summed E-state index contributed by atoms with van der Waals surface area (Å²) in [6, 6.07) is 24.3. The van der Waals surface area contributed by atoms with E-state index in [1.807, 2.05) is 41.8 Å². The van der Waals surface area contributed by atoms with Crippen molar-refractivity contribution in [2.45, 2.75) is 30.9 Å². The maximum Gasteiger partial charge on any atom is 0.206 e. The number of benzene rings is 2. The van der Waals surface area contributed by atoms with Crippen molar-refractivity contribution in [3.63, 3.8) is 0 Å². The first-order chi connectivity index (χ1) is 18.4. The minimum absolute atomic E-state index is 0.499. The predicted octanol–water partition coefficient (Wildman–Crippen LogP) is 4.77. The largest absolute Gasteiger partial charge is 0.390 e. The van der Waals surface area contributed by atoms with Crippen LogP contribution in [0.15, 0.2) is 91.4 Å². The van der Waals surface area contributed by atoms with Crippen LogP contribution < -0.4 is 5.73 Å². The molecular weight excluding hydrogens is 474 g/mol. The average molecular weight is 500 g/mol. The summed E-state index contributed by atoms with van der Waals surface area (Å²) in [4.78, 5) is 13.8. The minimum atomic E-state index is -0.701. The van der Waals surface area contributed by atoms with E-state index in [9.17, 15) is 5.11 Å². The lowest BCUT2D eigenvalue weighted by Crippen LogP contribution is -2.58. The van der Waals surface area contributed by atoms with Crippen LogP contribution in [0.3, 0.4) is 0 Å². The Hall–Kier alpha value is -4.53. The molecule has 6 aromatic rings. The summed E-state index contributed by atoms with van der Waals surface area (Å²) in [6.07, 6.45) is 6.39. The summed E-state index contributed by atoms with van der Waals surface area (Å²) < 4.78 is 1.90. The van der Waals surface area contributed by atoms with E-state index in [1.165, 1.54) is 0 Å². The third-order valence-electron chi connectivity index (χ3n) is 7.35. The Morgan fingerprint density at radius 1 is 0.868 bits per heavy atom. The standard InChI is InChI=1S/C30H25N7O/c1-29(38)17-30(31,18-29)21-10-8-20(9-11-21)25-22(19-6-3-2-4-7-19)16-23-24(34-25)12-15-37-27(23)35-36-28(37)26-32-13-5-14-33-26/h2-16,38H,17-18,31H2,1H3/t29-,30+. The Balaban J connectivity index is 1.39. The van der Waals surface area contributed by atoms with Gasteiger partial charge < -0.3 is 10.8 Å². The number of rotatable bonds is 4. The highest BCUT2D eigenvalue weighted by Gasteiger charge is 2.49. The first-order valence-corrected chi connectivity index (χ1v) is 12.5. The molecule has 0 atom stereocenters. The van der Waals surface area contributed by atoms with Gasteiger partial charge in [0, 0.05) is 40.6 Å². The van der Waals surface area contributed by atoms with Gasteiger partial charge in [-0.3, -0.25) is 4.40 Å². The van der Waals surface area contributed by atoms with Crippen molar-refractivity contribution in [2.75, 3.05) is 0 Å². The van der Waals surface area contributed by atoms with Crippen molar-refractivity contribution in [1.82, 2.24) is 29.5 Å². The topological polar surface area (TPSA) is 115 Å². The van der Waals surface area contributed by atoms with Gasteiger partial charge in [-0.2, -0.15) is 0 Å². The fraction of sp³-hybridized carbons (Fsp3) is 0.167. The third kappa shape index (κ3) is 3.65. The minimum Gasteiger partial charge on any atom is -0.390 e. The lowest BCUT2D eigenvalue weighted by molar-refractivity contribution is -0.0738. The quantitative estimate of drug-likeness (QED) is 0.359. The van der Waals surface area contributed by atoms with Crippen LogP contribution in [-0.2, 0) is 5.54 Å². The molecule has 186 valence electrons. The second-order valence-corrected chi connectivity index (χ2v) is 10.4. The number of nitrogens with two attached hydrogens (primary N) is 1. The molecule has 7 rings (SSSR count). The fourth-order valence-electron chi connectivity index (χ4n) is 5.69. The normalized spacial score (nSPS) is 21.0. The summed E-state index contributed by atoms with van der Waals surface area (Å²) in [5.41, 5.74) is 11.8. The maximum atomic E-state index is 10.2. The molecule has 0 radical (unpaired) electrons. The molecule has 4 heterocycles. The van der Waals surface area contributed by atoms with Crippen LogP contribution >= 0.6 is 0 Å². The molecule has 4 aromatic heterocycles. The zero-order valence-electron chi connectivity index (χ0n) is 20.8. The van der Waals surface area contributed by atoms with Crippen LogP contribution in [0, 0.1) is 0 Å². The summed E-state index contributed by atoms with van der Waals surface area (Å²) in [5, 5.41) is 20.0. The van der Waals surface area contributed by atoms with Crippen LogP contribution in [0.25, 0.3) is 50.6 Å². The van der Waals surface area contributed by atoms with E-state index in [2.05, 4.69) is 62.6 Å². The number of hydrogen-bond acceptors (Lipinski definition) is 7. The summed E-state index contributed by atoms with van der Waals surface area (Å²) in [5.74, 6) is 1.09. The van der Waals surface area contributed by atoms with Gasteiger partial charge in [-0.25, -0.2) is 15.0 Å². The van der Waals surface area contributed by atoms with Gasteiger partial charge in [0.15, 0.2) is 11.5 Å². The summed E-state index contributed by atoms with van der Waals surface area (Å²) in [7, 11) is 0. The lowest BCUT2D eigenvalue weighted by atomic mass is 9.63. The van der Waals surface area contributed by atoms with Gasteiger partial charge in [0.25, 0.3) is 0 Å². The average Bonchev–Trinajstić information content (AvgIpc) is 3.37. The number of nitrogens with zero attached hydrogens (tertiary/aromatic N) is 6. The molecule has 2 aromatic carbocycles. The van der Waals surface area contributed by atoms with E-state index < -0.39 is 11.1 Å². The number of aromatic nitrogens is 6. The number of fused-ring (bicyclic) bond motifs is 3. The molecular formula is C30H25N7O. The molecule has 3 N–H and O–H groups in total. The molecule has 0 spiro atoms. The van der Waals surface area contributed by atoms with Crippen molar-refractivity contribution < 1.29 is 5.11 Å². The highest BCUT2D eigenvalue weighted by atomic mass is 16.3. The molecule has 0 unspecified atom stereocenters. The smallest absolute Gasteiger partial charge is 0.206 e. The van der Waals surface area contributed by atoms with E-state index in [1.54, 1.807) is 18.5 Å².